The van der Waals surface area contributed by atoms with E-state index in [-0.39, 0.29) is 23.7 Å². The van der Waals surface area contributed by atoms with E-state index in [1.54, 1.807) is 25.1 Å². The van der Waals surface area contributed by atoms with Gasteiger partial charge in [0.25, 0.3) is 0 Å². The number of nitrogen functional groups attached to an aromatic ring is 1. The highest BCUT2D eigenvalue weighted by Crippen LogP contribution is 2.20. The SMILES string of the molecule is CCS(=O)(=O)CCCC(=O)c1cc(Br)ccc1N. The molecule has 1 aromatic rings. The molecule has 2 N–H and O–H groups in total. The molecular formula is C12H16BrNO3S. The first-order chi connectivity index (χ1) is 8.35. The van der Waals surface area contributed by atoms with Crippen LogP contribution in [-0.4, -0.2) is 25.7 Å². The smallest absolute Gasteiger partial charge is 0.165 e. The first-order valence-corrected chi connectivity index (χ1v) is 8.26. The maximum Gasteiger partial charge on any atom is 0.165 e. The van der Waals surface area contributed by atoms with Gasteiger partial charge < -0.3 is 5.73 Å². The summed E-state index contributed by atoms with van der Waals surface area (Å²) in [6, 6.07) is 5.07. The highest BCUT2D eigenvalue weighted by atomic mass is 79.9. The second-order valence-electron chi connectivity index (χ2n) is 3.99. The van der Waals surface area contributed by atoms with Gasteiger partial charge in [0.15, 0.2) is 5.78 Å². The maximum absolute atomic E-state index is 11.9. The van der Waals surface area contributed by atoms with E-state index in [1.165, 1.54) is 0 Å². The molecule has 1 rings (SSSR count). The molecule has 0 saturated heterocycles. The molecule has 0 atom stereocenters. The number of Topliss-reactive ketones (excluding diaryl/α,β-unsaturated/α-hetero) is 1. The summed E-state index contributed by atoms with van der Waals surface area (Å²) >= 11 is 3.27. The Labute approximate surface area is 116 Å². The van der Waals surface area contributed by atoms with E-state index in [0.29, 0.717) is 17.7 Å². The van der Waals surface area contributed by atoms with Crippen molar-refractivity contribution in [3.8, 4) is 0 Å². The molecule has 0 aliphatic carbocycles. The third kappa shape index (κ3) is 4.42. The van der Waals surface area contributed by atoms with Crippen LogP contribution in [0.15, 0.2) is 22.7 Å². The van der Waals surface area contributed by atoms with Gasteiger partial charge in [-0.15, -0.1) is 0 Å². The van der Waals surface area contributed by atoms with Gasteiger partial charge in [-0.3, -0.25) is 4.79 Å². The normalized spacial score (nSPS) is 11.4. The molecule has 0 spiro atoms. The van der Waals surface area contributed by atoms with Gasteiger partial charge in [0.1, 0.15) is 9.84 Å². The molecule has 1 aromatic carbocycles. The van der Waals surface area contributed by atoms with E-state index < -0.39 is 9.84 Å². The van der Waals surface area contributed by atoms with Gasteiger partial charge in [-0.05, 0) is 24.6 Å². The highest BCUT2D eigenvalue weighted by molar-refractivity contribution is 9.10. The quantitative estimate of drug-likeness (QED) is 0.640. The Bertz CT molecular complexity index is 540. The molecule has 0 amide bonds. The summed E-state index contributed by atoms with van der Waals surface area (Å²) in [5.74, 6) is 0.0312. The number of halogens is 1. The van der Waals surface area contributed by atoms with Gasteiger partial charge in [0, 0.05) is 27.9 Å². The number of benzene rings is 1. The zero-order chi connectivity index (χ0) is 13.8. The van der Waals surface area contributed by atoms with Gasteiger partial charge in [0.05, 0.1) is 5.75 Å². The molecule has 0 aliphatic heterocycles. The van der Waals surface area contributed by atoms with Crippen LogP contribution in [0.25, 0.3) is 0 Å². The molecule has 100 valence electrons. The molecule has 0 heterocycles. The van der Waals surface area contributed by atoms with E-state index in [9.17, 15) is 13.2 Å². The van der Waals surface area contributed by atoms with E-state index in [1.807, 2.05) is 0 Å². The second-order valence-corrected chi connectivity index (χ2v) is 7.38. The number of ketones is 1. The van der Waals surface area contributed by atoms with E-state index >= 15 is 0 Å². The van der Waals surface area contributed by atoms with Crippen LogP contribution in [0.3, 0.4) is 0 Å². The lowest BCUT2D eigenvalue weighted by atomic mass is 10.1. The molecule has 0 aromatic heterocycles. The van der Waals surface area contributed by atoms with Crippen molar-refractivity contribution in [3.05, 3.63) is 28.2 Å². The van der Waals surface area contributed by atoms with Crippen molar-refractivity contribution in [2.24, 2.45) is 0 Å². The van der Waals surface area contributed by atoms with Gasteiger partial charge in [0.2, 0.25) is 0 Å². The third-order valence-corrected chi connectivity index (χ3v) is 4.90. The predicted molar refractivity (Wildman–Crippen MR) is 76.4 cm³/mol. The second kappa shape index (κ2) is 6.33. The summed E-state index contributed by atoms with van der Waals surface area (Å²) in [6.45, 7) is 1.60. The fourth-order valence-corrected chi connectivity index (χ4v) is 2.74. The van der Waals surface area contributed by atoms with Crippen LogP contribution in [0.4, 0.5) is 5.69 Å². The van der Waals surface area contributed by atoms with Gasteiger partial charge >= 0.3 is 0 Å². The number of sulfone groups is 1. The summed E-state index contributed by atoms with van der Waals surface area (Å²) in [6.07, 6.45) is 0.529. The Morgan fingerprint density at radius 3 is 2.67 bits per heavy atom. The number of carbonyl (C=O) groups excluding carboxylic acids is 1. The molecule has 0 saturated carbocycles. The lowest BCUT2D eigenvalue weighted by Gasteiger charge is -2.05. The summed E-state index contributed by atoms with van der Waals surface area (Å²) in [4.78, 5) is 11.9. The number of hydrogen-bond acceptors (Lipinski definition) is 4. The van der Waals surface area contributed by atoms with Gasteiger partial charge in [-0.25, -0.2) is 8.42 Å². The summed E-state index contributed by atoms with van der Waals surface area (Å²) in [7, 11) is -3.01. The lowest BCUT2D eigenvalue weighted by molar-refractivity contribution is 0.0983. The summed E-state index contributed by atoms with van der Waals surface area (Å²) < 4.78 is 23.4. The van der Waals surface area contributed by atoms with Crippen LogP contribution >= 0.6 is 15.9 Å². The fraction of sp³-hybridized carbons (Fsp3) is 0.417. The molecule has 6 heteroatoms. The van der Waals surface area contributed by atoms with E-state index in [2.05, 4.69) is 15.9 Å². The Balaban J connectivity index is 2.64. The van der Waals surface area contributed by atoms with Crippen molar-refractivity contribution in [1.29, 1.82) is 0 Å². The topological polar surface area (TPSA) is 77.2 Å². The Kier molecular flexibility index (Phi) is 5.34. The van der Waals surface area contributed by atoms with E-state index in [0.717, 1.165) is 4.47 Å². The molecule has 0 aliphatic rings. The number of carbonyl (C=O) groups is 1. The Morgan fingerprint density at radius 2 is 2.06 bits per heavy atom. The third-order valence-electron chi connectivity index (χ3n) is 2.61. The van der Waals surface area contributed by atoms with Crippen LogP contribution in [0.5, 0.6) is 0 Å². The average Bonchev–Trinajstić information content (AvgIpc) is 2.32. The van der Waals surface area contributed by atoms with Crippen molar-refractivity contribution in [2.45, 2.75) is 19.8 Å². The van der Waals surface area contributed by atoms with Crippen LogP contribution in [-0.2, 0) is 9.84 Å². The fourth-order valence-electron chi connectivity index (χ4n) is 1.50. The minimum Gasteiger partial charge on any atom is -0.398 e. The highest BCUT2D eigenvalue weighted by Gasteiger charge is 2.13. The first kappa shape index (κ1) is 15.2. The zero-order valence-electron chi connectivity index (χ0n) is 10.1. The Hall–Kier alpha value is -0.880. The molecule has 0 unspecified atom stereocenters. The summed E-state index contributed by atoms with van der Waals surface area (Å²) in [5.41, 5.74) is 6.58. The molecule has 0 radical (unpaired) electrons. The lowest BCUT2D eigenvalue weighted by Crippen LogP contribution is -2.11. The zero-order valence-corrected chi connectivity index (χ0v) is 12.6. The maximum atomic E-state index is 11.9. The number of hydrogen-bond donors (Lipinski definition) is 1. The van der Waals surface area contributed by atoms with Crippen LogP contribution in [0, 0.1) is 0 Å². The predicted octanol–water partition coefficient (Wildman–Crippen LogP) is 2.43. The molecular weight excluding hydrogens is 318 g/mol. The Morgan fingerprint density at radius 1 is 1.39 bits per heavy atom. The van der Waals surface area contributed by atoms with Crippen LogP contribution in [0.1, 0.15) is 30.1 Å². The first-order valence-electron chi connectivity index (χ1n) is 5.64. The molecule has 4 nitrogen and oxygen atoms in total. The molecule has 18 heavy (non-hydrogen) atoms. The number of nitrogens with two attached hydrogens (primary N) is 1. The van der Waals surface area contributed by atoms with Gasteiger partial charge in [-0.2, -0.15) is 0 Å². The average molecular weight is 334 g/mol. The van der Waals surface area contributed by atoms with Crippen molar-refractivity contribution >= 4 is 37.2 Å². The van der Waals surface area contributed by atoms with Crippen LogP contribution < -0.4 is 5.73 Å². The largest absolute Gasteiger partial charge is 0.398 e. The van der Waals surface area contributed by atoms with Gasteiger partial charge in [-0.1, -0.05) is 22.9 Å². The van der Waals surface area contributed by atoms with Crippen molar-refractivity contribution in [2.75, 3.05) is 17.2 Å². The summed E-state index contributed by atoms with van der Waals surface area (Å²) in [5, 5.41) is 0. The van der Waals surface area contributed by atoms with E-state index in [4.69, 9.17) is 5.73 Å². The minimum absolute atomic E-state index is 0.0448. The van der Waals surface area contributed by atoms with Crippen molar-refractivity contribution < 1.29 is 13.2 Å². The van der Waals surface area contributed by atoms with Crippen molar-refractivity contribution in [3.63, 3.8) is 0 Å². The van der Waals surface area contributed by atoms with Crippen LogP contribution in [0.2, 0.25) is 0 Å². The number of rotatable bonds is 6. The van der Waals surface area contributed by atoms with Crippen molar-refractivity contribution in [1.82, 2.24) is 0 Å². The molecule has 0 bridgehead atoms. The monoisotopic (exact) mass is 333 g/mol. The standard InChI is InChI=1S/C12H16BrNO3S/c1-2-18(16,17)7-3-4-12(15)10-8-9(13)5-6-11(10)14/h5-6,8H,2-4,7,14H2,1H3. The minimum atomic E-state index is -3.01. The molecule has 0 fully saturated rings. The number of anilines is 1.